The maximum absolute atomic E-state index is 11.5. The van der Waals surface area contributed by atoms with Crippen LogP contribution in [0.1, 0.15) is 23.7 Å². The van der Waals surface area contributed by atoms with E-state index in [1.165, 1.54) is 4.88 Å². The van der Waals surface area contributed by atoms with Crippen LogP contribution < -0.4 is 10.6 Å². The quantitative estimate of drug-likeness (QED) is 0.836. The van der Waals surface area contributed by atoms with Crippen molar-refractivity contribution < 1.29 is 4.79 Å². The number of urea groups is 1. The number of aromatic nitrogens is 1. The van der Waals surface area contributed by atoms with E-state index >= 15 is 0 Å². The molecular formula is C11H19N3OS2. The third-order valence-corrected chi connectivity index (χ3v) is 4.12. The highest BCUT2D eigenvalue weighted by atomic mass is 32.2. The smallest absolute Gasteiger partial charge is 0.315 e. The van der Waals surface area contributed by atoms with E-state index < -0.39 is 0 Å². The number of carbonyl (C=O) groups excluding carboxylic acids is 1. The Kier molecular flexibility index (Phi) is 6.36. The van der Waals surface area contributed by atoms with Crippen LogP contribution in [0.15, 0.2) is 6.20 Å². The summed E-state index contributed by atoms with van der Waals surface area (Å²) in [5.74, 6) is 0.921. The summed E-state index contributed by atoms with van der Waals surface area (Å²) in [5.41, 5.74) is 0. The molecule has 96 valence electrons. The molecule has 0 saturated heterocycles. The summed E-state index contributed by atoms with van der Waals surface area (Å²) < 4.78 is 0. The number of amides is 2. The van der Waals surface area contributed by atoms with E-state index in [0.29, 0.717) is 6.54 Å². The Hall–Kier alpha value is -0.750. The molecule has 1 heterocycles. The lowest BCUT2D eigenvalue weighted by molar-refractivity contribution is 0.238. The number of aryl methyl sites for hydroxylation is 1. The lowest BCUT2D eigenvalue weighted by Gasteiger charge is -2.12. The molecule has 0 fully saturated rings. The van der Waals surface area contributed by atoms with E-state index in [-0.39, 0.29) is 12.1 Å². The second kappa shape index (κ2) is 7.55. The zero-order valence-electron chi connectivity index (χ0n) is 10.4. The molecule has 0 aliphatic carbocycles. The molecule has 0 saturated carbocycles. The molecule has 6 heteroatoms. The molecule has 0 spiro atoms. The minimum atomic E-state index is -0.125. The zero-order chi connectivity index (χ0) is 12.7. The van der Waals surface area contributed by atoms with Crippen molar-refractivity contribution in [3.8, 4) is 0 Å². The maximum atomic E-state index is 11.5. The van der Waals surface area contributed by atoms with Crippen molar-refractivity contribution in [2.24, 2.45) is 0 Å². The predicted octanol–water partition coefficient (Wildman–Crippen LogP) is 2.26. The molecule has 0 unspecified atom stereocenters. The summed E-state index contributed by atoms with van der Waals surface area (Å²) in [6.45, 7) is 4.60. The molecule has 0 aliphatic heterocycles. The number of thioether (sulfide) groups is 1. The van der Waals surface area contributed by atoms with Crippen LogP contribution in [-0.4, -0.2) is 29.1 Å². The molecule has 2 N–H and O–H groups in total. The Morgan fingerprint density at radius 2 is 2.41 bits per heavy atom. The van der Waals surface area contributed by atoms with Crippen molar-refractivity contribution in [1.82, 2.24) is 15.6 Å². The van der Waals surface area contributed by atoms with Crippen LogP contribution in [0.3, 0.4) is 0 Å². The lowest BCUT2D eigenvalue weighted by atomic mass is 10.4. The Labute approximate surface area is 111 Å². The average Bonchev–Trinajstić information content (AvgIpc) is 2.74. The molecule has 1 aromatic rings. The second-order valence-electron chi connectivity index (χ2n) is 3.76. The molecule has 0 bridgehead atoms. The zero-order valence-corrected chi connectivity index (χ0v) is 12.1. The van der Waals surface area contributed by atoms with Gasteiger partial charge in [0, 0.05) is 22.9 Å². The molecule has 0 radical (unpaired) electrons. The third-order valence-electron chi connectivity index (χ3n) is 2.14. The number of nitrogens with zero attached hydrogens (tertiary/aromatic N) is 1. The summed E-state index contributed by atoms with van der Waals surface area (Å²) >= 11 is 3.37. The molecular weight excluding hydrogens is 254 g/mol. The Morgan fingerprint density at radius 1 is 1.65 bits per heavy atom. The summed E-state index contributed by atoms with van der Waals surface area (Å²) in [6, 6.07) is 0.0623. The summed E-state index contributed by atoms with van der Waals surface area (Å²) in [5, 5.41) is 6.65. The number of hydrogen-bond donors (Lipinski definition) is 2. The van der Waals surface area contributed by atoms with Gasteiger partial charge in [-0.05, 0) is 19.6 Å². The Morgan fingerprint density at radius 3 is 3.00 bits per heavy atom. The van der Waals surface area contributed by atoms with Gasteiger partial charge < -0.3 is 10.6 Å². The van der Waals surface area contributed by atoms with Gasteiger partial charge in [0.2, 0.25) is 0 Å². The maximum Gasteiger partial charge on any atom is 0.315 e. The van der Waals surface area contributed by atoms with Crippen LogP contribution >= 0.6 is 23.1 Å². The SMILES string of the molecule is CCc1cnc(CNC(=O)N[C@H](C)CSC)s1. The van der Waals surface area contributed by atoms with Crippen molar-refractivity contribution >= 4 is 29.1 Å². The lowest BCUT2D eigenvalue weighted by Crippen LogP contribution is -2.41. The minimum Gasteiger partial charge on any atom is -0.335 e. The average molecular weight is 273 g/mol. The van der Waals surface area contributed by atoms with Gasteiger partial charge in [-0.15, -0.1) is 11.3 Å². The first-order valence-electron chi connectivity index (χ1n) is 5.62. The van der Waals surface area contributed by atoms with Crippen LogP contribution in [-0.2, 0) is 13.0 Å². The summed E-state index contributed by atoms with van der Waals surface area (Å²) in [6.07, 6.45) is 4.89. The molecule has 0 aliphatic rings. The summed E-state index contributed by atoms with van der Waals surface area (Å²) in [7, 11) is 0. The Bertz CT molecular complexity index is 354. The molecule has 2 amide bonds. The Balaban J connectivity index is 2.27. The molecule has 1 aromatic heterocycles. The van der Waals surface area contributed by atoms with Crippen molar-refractivity contribution in [3.63, 3.8) is 0 Å². The molecule has 1 rings (SSSR count). The van der Waals surface area contributed by atoms with Gasteiger partial charge in [-0.1, -0.05) is 6.92 Å². The molecule has 4 nitrogen and oxygen atoms in total. The van der Waals surface area contributed by atoms with Gasteiger partial charge in [-0.3, -0.25) is 0 Å². The van der Waals surface area contributed by atoms with Crippen LogP contribution in [0.25, 0.3) is 0 Å². The van der Waals surface area contributed by atoms with Crippen LogP contribution in [0.5, 0.6) is 0 Å². The van der Waals surface area contributed by atoms with Gasteiger partial charge in [0.1, 0.15) is 5.01 Å². The van der Waals surface area contributed by atoms with Crippen LogP contribution in [0.2, 0.25) is 0 Å². The van der Waals surface area contributed by atoms with Gasteiger partial charge in [-0.2, -0.15) is 11.8 Å². The molecule has 0 aromatic carbocycles. The first-order valence-corrected chi connectivity index (χ1v) is 7.83. The standard InChI is InChI=1S/C11H19N3OS2/c1-4-9-5-12-10(17-9)6-13-11(15)14-8(2)7-16-3/h5,8H,4,6-7H2,1-3H3,(H2,13,14,15)/t8-/m1/s1. The van der Waals surface area contributed by atoms with Crippen molar-refractivity contribution in [2.75, 3.05) is 12.0 Å². The van der Waals surface area contributed by atoms with Gasteiger partial charge in [0.15, 0.2) is 0 Å². The highest BCUT2D eigenvalue weighted by molar-refractivity contribution is 7.98. The van der Waals surface area contributed by atoms with E-state index in [9.17, 15) is 4.79 Å². The van der Waals surface area contributed by atoms with E-state index in [1.54, 1.807) is 23.1 Å². The van der Waals surface area contributed by atoms with E-state index in [4.69, 9.17) is 0 Å². The number of hydrogen-bond acceptors (Lipinski definition) is 4. The van der Waals surface area contributed by atoms with Gasteiger partial charge >= 0.3 is 6.03 Å². The van der Waals surface area contributed by atoms with E-state index in [1.807, 2.05) is 19.4 Å². The van der Waals surface area contributed by atoms with Crippen molar-refractivity contribution in [3.05, 3.63) is 16.1 Å². The number of carbonyl (C=O) groups is 1. The monoisotopic (exact) mass is 273 g/mol. The third kappa shape index (κ3) is 5.41. The fraction of sp³-hybridized carbons (Fsp3) is 0.636. The second-order valence-corrected chi connectivity index (χ2v) is 5.87. The van der Waals surface area contributed by atoms with Gasteiger partial charge in [0.05, 0.1) is 6.54 Å². The molecule has 17 heavy (non-hydrogen) atoms. The van der Waals surface area contributed by atoms with E-state index in [2.05, 4.69) is 22.5 Å². The van der Waals surface area contributed by atoms with E-state index in [0.717, 1.165) is 17.2 Å². The number of rotatable bonds is 6. The van der Waals surface area contributed by atoms with Crippen LogP contribution in [0.4, 0.5) is 4.79 Å². The van der Waals surface area contributed by atoms with Crippen molar-refractivity contribution in [2.45, 2.75) is 32.9 Å². The van der Waals surface area contributed by atoms with Crippen LogP contribution in [0, 0.1) is 0 Å². The van der Waals surface area contributed by atoms with Gasteiger partial charge in [-0.25, -0.2) is 9.78 Å². The summed E-state index contributed by atoms with van der Waals surface area (Å²) in [4.78, 5) is 17.0. The van der Waals surface area contributed by atoms with Gasteiger partial charge in [0.25, 0.3) is 0 Å². The predicted molar refractivity (Wildman–Crippen MR) is 74.7 cm³/mol. The normalized spacial score (nSPS) is 12.2. The number of thiazole rings is 1. The largest absolute Gasteiger partial charge is 0.335 e. The fourth-order valence-electron chi connectivity index (χ4n) is 1.32. The molecule has 1 atom stereocenters. The topological polar surface area (TPSA) is 54.0 Å². The van der Waals surface area contributed by atoms with Crippen molar-refractivity contribution in [1.29, 1.82) is 0 Å². The highest BCUT2D eigenvalue weighted by Gasteiger charge is 2.07. The highest BCUT2D eigenvalue weighted by Crippen LogP contribution is 2.12. The fourth-order valence-corrected chi connectivity index (χ4v) is 2.70. The number of nitrogens with one attached hydrogen (secondary N) is 2. The first kappa shape index (κ1) is 14.3. The minimum absolute atomic E-state index is 0.125. The first-order chi connectivity index (χ1) is 8.15.